The second kappa shape index (κ2) is 6.29. The Morgan fingerprint density at radius 3 is 2.59 bits per heavy atom. The molecular formula is C9H8I2O5S. The lowest BCUT2D eigenvalue weighted by Crippen LogP contribution is -2.15. The zero-order valence-electron chi connectivity index (χ0n) is 8.39. The molecule has 0 heterocycles. The van der Waals surface area contributed by atoms with E-state index in [0.29, 0.717) is 5.56 Å². The summed E-state index contributed by atoms with van der Waals surface area (Å²) in [6.45, 7) is -0.362. The zero-order chi connectivity index (χ0) is 13.1. The van der Waals surface area contributed by atoms with Crippen LogP contribution in [-0.4, -0.2) is 31.3 Å². The Bertz CT molecular complexity index is 526. The van der Waals surface area contributed by atoms with Crippen molar-refractivity contribution >= 4 is 61.3 Å². The molecule has 0 aliphatic rings. The number of rotatable bonds is 4. The topological polar surface area (TPSA) is 80.7 Å². The second-order valence-corrected chi connectivity index (χ2v) is 6.84. The van der Waals surface area contributed by atoms with Crippen LogP contribution in [0.5, 0.6) is 0 Å². The van der Waals surface area contributed by atoms with Gasteiger partial charge in [0.2, 0.25) is 0 Å². The molecule has 8 heteroatoms. The van der Waals surface area contributed by atoms with Crippen LogP contribution >= 0.6 is 45.2 Å². The van der Waals surface area contributed by atoms with E-state index in [1.165, 1.54) is 0 Å². The normalized spacial score (nSPS) is 11.2. The third-order valence-electron chi connectivity index (χ3n) is 1.75. The first-order valence-electron chi connectivity index (χ1n) is 4.37. The molecule has 0 radical (unpaired) electrons. The highest BCUT2D eigenvalue weighted by Crippen LogP contribution is 2.19. The van der Waals surface area contributed by atoms with Crippen molar-refractivity contribution in [1.29, 1.82) is 0 Å². The minimum absolute atomic E-state index is 0.362. The highest BCUT2D eigenvalue weighted by molar-refractivity contribution is 14.1. The van der Waals surface area contributed by atoms with Gasteiger partial charge in [0, 0.05) is 7.14 Å². The lowest BCUT2D eigenvalue weighted by molar-refractivity contribution is 0.0527. The van der Waals surface area contributed by atoms with E-state index in [9.17, 15) is 13.2 Å². The van der Waals surface area contributed by atoms with Crippen molar-refractivity contribution in [2.75, 3.05) is 12.4 Å². The van der Waals surface area contributed by atoms with Crippen LogP contribution in [0.4, 0.5) is 0 Å². The summed E-state index contributed by atoms with van der Waals surface area (Å²) in [6, 6.07) is 5.15. The molecule has 0 aromatic heterocycles. The van der Waals surface area contributed by atoms with E-state index in [1.807, 2.05) is 28.7 Å². The molecule has 0 saturated carbocycles. The molecule has 0 aliphatic heterocycles. The number of benzene rings is 1. The summed E-state index contributed by atoms with van der Waals surface area (Å²) in [5, 5.41) is 0. The molecule has 0 unspecified atom stereocenters. The molecule has 1 N–H and O–H groups in total. The summed E-state index contributed by atoms with van der Waals surface area (Å²) in [7, 11) is -4.10. The van der Waals surface area contributed by atoms with Gasteiger partial charge in [-0.2, -0.15) is 8.42 Å². The van der Waals surface area contributed by atoms with Crippen molar-refractivity contribution in [3.63, 3.8) is 0 Å². The van der Waals surface area contributed by atoms with Crippen molar-refractivity contribution in [3.05, 3.63) is 30.9 Å². The first kappa shape index (κ1) is 15.1. The molecule has 0 atom stereocenters. The predicted molar refractivity (Wildman–Crippen MR) is 78.6 cm³/mol. The van der Waals surface area contributed by atoms with Crippen LogP contribution in [-0.2, 0) is 14.9 Å². The van der Waals surface area contributed by atoms with Crippen molar-refractivity contribution < 1.29 is 22.5 Å². The zero-order valence-corrected chi connectivity index (χ0v) is 13.5. The van der Waals surface area contributed by atoms with E-state index in [4.69, 9.17) is 9.29 Å². The largest absolute Gasteiger partial charge is 0.461 e. The van der Waals surface area contributed by atoms with Gasteiger partial charge in [-0.3, -0.25) is 4.55 Å². The first-order valence-corrected chi connectivity index (χ1v) is 8.14. The van der Waals surface area contributed by atoms with E-state index in [1.54, 1.807) is 12.1 Å². The fourth-order valence-corrected chi connectivity index (χ4v) is 2.35. The van der Waals surface area contributed by atoms with E-state index < -0.39 is 21.8 Å². The minimum atomic E-state index is -4.10. The summed E-state index contributed by atoms with van der Waals surface area (Å²) in [5.41, 5.74) is 0.382. The Balaban J connectivity index is 2.68. The van der Waals surface area contributed by atoms with Gasteiger partial charge in [0.1, 0.15) is 12.4 Å². The Kier molecular flexibility index (Phi) is 5.60. The number of carbonyl (C=O) groups excluding carboxylic acids is 1. The Labute approximate surface area is 126 Å². The van der Waals surface area contributed by atoms with Crippen LogP contribution in [0.1, 0.15) is 10.4 Å². The first-order chi connectivity index (χ1) is 7.81. The van der Waals surface area contributed by atoms with Crippen LogP contribution in [0, 0.1) is 7.14 Å². The van der Waals surface area contributed by atoms with E-state index in [2.05, 4.69) is 22.6 Å². The summed E-state index contributed by atoms with van der Waals surface area (Å²) >= 11 is 4.09. The van der Waals surface area contributed by atoms with Gasteiger partial charge in [0.25, 0.3) is 10.1 Å². The average Bonchev–Trinajstić information content (AvgIpc) is 2.20. The maximum absolute atomic E-state index is 11.6. The molecule has 17 heavy (non-hydrogen) atoms. The number of halogens is 2. The van der Waals surface area contributed by atoms with Gasteiger partial charge in [0.05, 0.1) is 5.56 Å². The molecule has 0 fully saturated rings. The lowest BCUT2D eigenvalue weighted by Gasteiger charge is -2.06. The molecule has 0 spiro atoms. The lowest BCUT2D eigenvalue weighted by atomic mass is 10.2. The van der Waals surface area contributed by atoms with Crippen LogP contribution in [0.15, 0.2) is 18.2 Å². The molecule has 0 aliphatic carbocycles. The standard InChI is InChI=1S/C9H8I2O5S/c10-7-3-1-2-6(8(7)11)9(12)16-4-5-17(13,14)15/h1-3H,4-5H2,(H,13,14,15). The number of carbonyl (C=O) groups is 1. The fourth-order valence-electron chi connectivity index (χ4n) is 0.979. The molecule has 94 valence electrons. The molecule has 1 aromatic rings. The fraction of sp³-hybridized carbons (Fsp3) is 0.222. The molecule has 1 aromatic carbocycles. The molecule has 5 nitrogen and oxygen atoms in total. The summed E-state index contributed by atoms with van der Waals surface area (Å²) in [6.07, 6.45) is 0. The van der Waals surface area contributed by atoms with E-state index >= 15 is 0 Å². The highest BCUT2D eigenvalue weighted by Gasteiger charge is 2.14. The molecular weight excluding hydrogens is 474 g/mol. The number of ether oxygens (including phenoxy) is 1. The summed E-state index contributed by atoms with van der Waals surface area (Å²) < 4.78 is 35.8. The van der Waals surface area contributed by atoms with Crippen molar-refractivity contribution in [3.8, 4) is 0 Å². The molecule has 0 amide bonds. The van der Waals surface area contributed by atoms with Gasteiger partial charge in [-0.05, 0) is 57.3 Å². The van der Waals surface area contributed by atoms with Crippen molar-refractivity contribution in [2.24, 2.45) is 0 Å². The minimum Gasteiger partial charge on any atom is -0.461 e. The van der Waals surface area contributed by atoms with Gasteiger partial charge in [0.15, 0.2) is 0 Å². The quantitative estimate of drug-likeness (QED) is 0.404. The Morgan fingerprint density at radius 2 is 2.00 bits per heavy atom. The van der Waals surface area contributed by atoms with Gasteiger partial charge in [-0.1, -0.05) is 6.07 Å². The van der Waals surface area contributed by atoms with Crippen molar-refractivity contribution in [2.45, 2.75) is 0 Å². The smallest absolute Gasteiger partial charge is 0.339 e. The van der Waals surface area contributed by atoms with E-state index in [0.717, 1.165) is 7.14 Å². The third-order valence-corrected chi connectivity index (χ3v) is 5.52. The number of hydrogen-bond acceptors (Lipinski definition) is 4. The van der Waals surface area contributed by atoms with Crippen LogP contribution < -0.4 is 0 Å². The van der Waals surface area contributed by atoms with Crippen molar-refractivity contribution in [1.82, 2.24) is 0 Å². The Hall–Kier alpha value is 0.0600. The third kappa shape index (κ3) is 5.06. The van der Waals surface area contributed by atoms with Gasteiger partial charge in [-0.25, -0.2) is 4.79 Å². The van der Waals surface area contributed by atoms with Gasteiger partial charge < -0.3 is 4.74 Å². The number of hydrogen-bond donors (Lipinski definition) is 1. The summed E-state index contributed by atoms with van der Waals surface area (Å²) in [5.74, 6) is -1.20. The van der Waals surface area contributed by atoms with Crippen LogP contribution in [0.25, 0.3) is 0 Å². The molecule has 1 rings (SSSR count). The van der Waals surface area contributed by atoms with Gasteiger partial charge >= 0.3 is 5.97 Å². The average molecular weight is 482 g/mol. The number of esters is 1. The molecule has 0 bridgehead atoms. The Morgan fingerprint density at radius 1 is 1.35 bits per heavy atom. The summed E-state index contributed by atoms with van der Waals surface area (Å²) in [4.78, 5) is 11.6. The monoisotopic (exact) mass is 482 g/mol. The maximum atomic E-state index is 11.6. The van der Waals surface area contributed by atoms with Crippen LogP contribution in [0.3, 0.4) is 0 Å². The second-order valence-electron chi connectivity index (χ2n) is 3.02. The van der Waals surface area contributed by atoms with Gasteiger partial charge in [-0.15, -0.1) is 0 Å². The SMILES string of the molecule is O=C(OCCS(=O)(=O)O)c1cccc(I)c1I. The predicted octanol–water partition coefficient (Wildman–Crippen LogP) is 1.94. The van der Waals surface area contributed by atoms with E-state index in [-0.39, 0.29) is 6.61 Å². The van der Waals surface area contributed by atoms with Crippen LogP contribution in [0.2, 0.25) is 0 Å². The maximum Gasteiger partial charge on any atom is 0.339 e. The highest BCUT2D eigenvalue weighted by atomic mass is 127. The molecule has 0 saturated heterocycles.